The molecule has 6 rings (SSSR count). The Morgan fingerprint density at radius 2 is 1.56 bits per heavy atom. The predicted octanol–water partition coefficient (Wildman–Crippen LogP) is 2.50. The highest BCUT2D eigenvalue weighted by Crippen LogP contribution is 2.36. The molecule has 0 saturated carbocycles. The van der Waals surface area contributed by atoms with Gasteiger partial charge in [0.2, 0.25) is 10.0 Å². The highest BCUT2D eigenvalue weighted by Gasteiger charge is 2.41. The first-order valence-corrected chi connectivity index (χ1v) is 13.4. The van der Waals surface area contributed by atoms with E-state index >= 15 is 0 Å². The van der Waals surface area contributed by atoms with E-state index in [1.807, 2.05) is 6.07 Å². The van der Waals surface area contributed by atoms with Gasteiger partial charge in [0.1, 0.15) is 0 Å². The zero-order valence-corrected chi connectivity index (χ0v) is 19.5. The number of sulfonamides is 1. The van der Waals surface area contributed by atoms with E-state index in [0.29, 0.717) is 29.3 Å². The van der Waals surface area contributed by atoms with E-state index in [1.54, 1.807) is 24.3 Å². The molecule has 4 heterocycles. The van der Waals surface area contributed by atoms with Crippen molar-refractivity contribution in [2.45, 2.75) is 23.8 Å². The highest BCUT2D eigenvalue weighted by molar-refractivity contribution is 7.89. The van der Waals surface area contributed by atoms with Crippen LogP contribution < -0.4 is 9.62 Å². The van der Waals surface area contributed by atoms with E-state index in [-0.39, 0.29) is 0 Å². The maximum Gasteiger partial charge on any atom is 0.240 e. The standard InChI is InChI=1S/C25H34N4O2S/c30-32(31,25-9-5-2-6-10-25)26-18-24-17-21-11-12-29(24)20-22(21)19-27-13-15-28(16-14-27)23-7-3-1-4-8-23/h1-10,21-22,24,26H,11-20H2. The van der Waals surface area contributed by atoms with Gasteiger partial charge in [0.05, 0.1) is 4.90 Å². The van der Waals surface area contributed by atoms with Crippen LogP contribution in [0.3, 0.4) is 0 Å². The van der Waals surface area contributed by atoms with Crippen LogP contribution in [0.25, 0.3) is 0 Å². The summed E-state index contributed by atoms with van der Waals surface area (Å²) in [6, 6.07) is 19.7. The fourth-order valence-corrected chi connectivity index (χ4v) is 6.81. The number of nitrogens with zero attached hydrogens (tertiary/aromatic N) is 3. The molecule has 6 nitrogen and oxygen atoms in total. The first-order valence-electron chi connectivity index (χ1n) is 11.9. The maximum atomic E-state index is 12.6. The average molecular weight is 455 g/mol. The van der Waals surface area contributed by atoms with Gasteiger partial charge in [0.25, 0.3) is 0 Å². The number of piperazine rings is 1. The summed E-state index contributed by atoms with van der Waals surface area (Å²) in [6.07, 6.45) is 2.35. The minimum absolute atomic E-state index is 0.318. The van der Waals surface area contributed by atoms with Crippen molar-refractivity contribution in [2.75, 3.05) is 57.3 Å². The molecule has 4 unspecified atom stereocenters. The van der Waals surface area contributed by atoms with Gasteiger partial charge in [0, 0.05) is 57.5 Å². The first kappa shape index (κ1) is 21.9. The Balaban J connectivity index is 1.11. The van der Waals surface area contributed by atoms with Crippen LogP contribution >= 0.6 is 0 Å². The molecular weight excluding hydrogens is 420 g/mol. The molecule has 0 radical (unpaired) electrons. The molecule has 4 fully saturated rings. The van der Waals surface area contributed by atoms with Gasteiger partial charge in [-0.1, -0.05) is 36.4 Å². The van der Waals surface area contributed by atoms with Crippen molar-refractivity contribution < 1.29 is 8.42 Å². The third-order valence-corrected chi connectivity index (χ3v) is 9.00. The Hall–Kier alpha value is -1.93. The molecule has 0 amide bonds. The molecule has 2 bridgehead atoms. The second-order valence-electron chi connectivity index (χ2n) is 9.48. The van der Waals surface area contributed by atoms with Crippen molar-refractivity contribution >= 4 is 15.7 Å². The highest BCUT2D eigenvalue weighted by atomic mass is 32.2. The number of nitrogens with one attached hydrogen (secondary N) is 1. The summed E-state index contributed by atoms with van der Waals surface area (Å²) in [6.45, 7) is 8.31. The van der Waals surface area contributed by atoms with Crippen LogP contribution in [0.15, 0.2) is 65.6 Å². The summed E-state index contributed by atoms with van der Waals surface area (Å²) in [4.78, 5) is 8.00. The second-order valence-corrected chi connectivity index (χ2v) is 11.2. The van der Waals surface area contributed by atoms with Crippen LogP contribution in [0.1, 0.15) is 12.8 Å². The van der Waals surface area contributed by atoms with Crippen molar-refractivity contribution in [1.82, 2.24) is 14.5 Å². The molecule has 4 aliphatic heterocycles. The second kappa shape index (κ2) is 9.51. The topological polar surface area (TPSA) is 55.9 Å². The summed E-state index contributed by atoms with van der Waals surface area (Å²) in [7, 11) is -3.43. The minimum Gasteiger partial charge on any atom is -0.369 e. The number of hydrogen-bond donors (Lipinski definition) is 1. The molecule has 4 atom stereocenters. The molecule has 0 spiro atoms. The zero-order valence-electron chi connectivity index (χ0n) is 18.6. The Labute approximate surface area is 192 Å². The van der Waals surface area contributed by atoms with Gasteiger partial charge in [-0.2, -0.15) is 0 Å². The van der Waals surface area contributed by atoms with Crippen LogP contribution in [-0.4, -0.2) is 76.6 Å². The SMILES string of the molecule is O=S(=O)(NCC1CC2CCN1CC2CN1CCN(c2ccccc2)CC1)c1ccccc1. The molecule has 2 aromatic carbocycles. The molecule has 0 aliphatic carbocycles. The Kier molecular flexibility index (Phi) is 6.51. The lowest BCUT2D eigenvalue weighted by atomic mass is 9.75. The average Bonchev–Trinajstić information content (AvgIpc) is 2.85. The van der Waals surface area contributed by atoms with Crippen molar-refractivity contribution in [3.63, 3.8) is 0 Å². The number of para-hydroxylation sites is 1. The van der Waals surface area contributed by atoms with Crippen LogP contribution in [0.2, 0.25) is 0 Å². The van der Waals surface area contributed by atoms with Crippen LogP contribution in [0.4, 0.5) is 5.69 Å². The van der Waals surface area contributed by atoms with Crippen molar-refractivity contribution in [2.24, 2.45) is 11.8 Å². The van der Waals surface area contributed by atoms with Gasteiger partial charge in [-0.25, -0.2) is 13.1 Å². The number of piperidine rings is 3. The van der Waals surface area contributed by atoms with Gasteiger partial charge in [-0.05, 0) is 55.5 Å². The summed E-state index contributed by atoms with van der Waals surface area (Å²) in [5.74, 6) is 1.41. The number of fused-ring (bicyclic) bond motifs is 3. The lowest BCUT2D eigenvalue weighted by Gasteiger charge is -2.51. The monoisotopic (exact) mass is 454 g/mol. The number of anilines is 1. The van der Waals surface area contributed by atoms with Crippen molar-refractivity contribution in [3.05, 3.63) is 60.7 Å². The molecule has 7 heteroatoms. The molecule has 1 N–H and O–H groups in total. The summed E-state index contributed by atoms with van der Waals surface area (Å²) in [5.41, 5.74) is 1.33. The van der Waals surface area contributed by atoms with Gasteiger partial charge in [0.15, 0.2) is 0 Å². The van der Waals surface area contributed by atoms with E-state index in [0.717, 1.165) is 45.7 Å². The molecule has 4 saturated heterocycles. The quantitative estimate of drug-likeness (QED) is 0.697. The van der Waals surface area contributed by atoms with Crippen molar-refractivity contribution in [3.8, 4) is 0 Å². The maximum absolute atomic E-state index is 12.6. The van der Waals surface area contributed by atoms with Gasteiger partial charge >= 0.3 is 0 Å². The summed E-state index contributed by atoms with van der Waals surface area (Å²) in [5, 5.41) is 0. The normalized spacial score (nSPS) is 28.7. The predicted molar refractivity (Wildman–Crippen MR) is 128 cm³/mol. The lowest BCUT2D eigenvalue weighted by Crippen LogP contribution is -2.59. The number of benzene rings is 2. The summed E-state index contributed by atoms with van der Waals surface area (Å²) < 4.78 is 28.1. The Bertz CT molecular complexity index is 978. The lowest BCUT2D eigenvalue weighted by molar-refractivity contribution is -0.0107. The van der Waals surface area contributed by atoms with Gasteiger partial charge < -0.3 is 4.90 Å². The molecule has 0 aromatic heterocycles. The molecular formula is C25H34N4O2S. The fraction of sp³-hybridized carbons (Fsp3) is 0.520. The van der Waals surface area contributed by atoms with Crippen LogP contribution in [-0.2, 0) is 10.0 Å². The first-order chi connectivity index (χ1) is 15.6. The van der Waals surface area contributed by atoms with Crippen molar-refractivity contribution in [1.29, 1.82) is 0 Å². The third-order valence-electron chi connectivity index (χ3n) is 7.56. The van der Waals surface area contributed by atoms with E-state index in [4.69, 9.17) is 0 Å². The van der Waals surface area contributed by atoms with E-state index in [2.05, 4.69) is 49.8 Å². The van der Waals surface area contributed by atoms with E-state index in [1.165, 1.54) is 18.7 Å². The Morgan fingerprint density at radius 1 is 0.875 bits per heavy atom. The largest absolute Gasteiger partial charge is 0.369 e. The summed E-state index contributed by atoms with van der Waals surface area (Å²) >= 11 is 0. The Morgan fingerprint density at radius 3 is 2.22 bits per heavy atom. The van der Waals surface area contributed by atoms with E-state index in [9.17, 15) is 8.42 Å². The smallest absolute Gasteiger partial charge is 0.240 e. The third kappa shape index (κ3) is 4.86. The van der Waals surface area contributed by atoms with Gasteiger partial charge in [-0.3, -0.25) is 9.80 Å². The van der Waals surface area contributed by atoms with E-state index < -0.39 is 10.0 Å². The molecule has 32 heavy (non-hydrogen) atoms. The zero-order chi connectivity index (χ0) is 22.0. The fourth-order valence-electron chi connectivity index (χ4n) is 5.72. The molecule has 172 valence electrons. The van der Waals surface area contributed by atoms with Crippen LogP contribution in [0.5, 0.6) is 0 Å². The number of hydrogen-bond acceptors (Lipinski definition) is 5. The van der Waals surface area contributed by atoms with Gasteiger partial charge in [-0.15, -0.1) is 0 Å². The number of rotatable bonds is 7. The molecule has 4 aliphatic rings. The van der Waals surface area contributed by atoms with Crippen LogP contribution in [0, 0.1) is 11.8 Å². The molecule has 2 aromatic rings. The minimum atomic E-state index is -3.43.